The topological polar surface area (TPSA) is 96.4 Å². The summed E-state index contributed by atoms with van der Waals surface area (Å²) in [7, 11) is 0. The van der Waals surface area contributed by atoms with Crippen LogP contribution in [0.25, 0.3) is 0 Å². The molecular formula is C7H6F2N2O3. The minimum atomic E-state index is -3.00. The Morgan fingerprint density at radius 1 is 1.57 bits per heavy atom. The standard InChI is InChI=1S/C7H6F2N2O3/c8-6(9)4-5(12)3(10)2(1-11-4)7(13)14/h1,6,12H,(H2,10,11)(H,13,14). The van der Waals surface area contributed by atoms with Crippen LogP contribution in [0.5, 0.6) is 5.75 Å². The molecule has 0 unspecified atom stereocenters. The van der Waals surface area contributed by atoms with Crippen LogP contribution < -0.4 is 5.73 Å². The molecule has 0 aliphatic heterocycles. The van der Waals surface area contributed by atoms with Gasteiger partial charge in [-0.05, 0) is 0 Å². The number of aromatic carboxylic acids is 1. The van der Waals surface area contributed by atoms with Gasteiger partial charge in [0.15, 0.2) is 11.4 Å². The number of nitrogen functional groups attached to an aromatic ring is 1. The predicted octanol–water partition coefficient (Wildman–Crippen LogP) is 1.01. The van der Waals surface area contributed by atoms with Crippen LogP contribution in [0.3, 0.4) is 0 Å². The number of alkyl halides is 2. The number of carboxylic acid groups (broad SMARTS) is 1. The highest BCUT2D eigenvalue weighted by Gasteiger charge is 2.21. The van der Waals surface area contributed by atoms with Crippen LogP contribution in [-0.4, -0.2) is 21.2 Å². The maximum atomic E-state index is 12.1. The molecule has 76 valence electrons. The highest BCUT2D eigenvalue weighted by Crippen LogP contribution is 2.32. The number of nitrogens with zero attached hydrogens (tertiary/aromatic N) is 1. The van der Waals surface area contributed by atoms with Crippen LogP contribution in [0.4, 0.5) is 14.5 Å². The van der Waals surface area contributed by atoms with Crippen molar-refractivity contribution < 1.29 is 23.8 Å². The number of hydrogen-bond acceptors (Lipinski definition) is 4. The van der Waals surface area contributed by atoms with Crippen molar-refractivity contribution in [3.63, 3.8) is 0 Å². The van der Waals surface area contributed by atoms with E-state index in [4.69, 9.17) is 15.9 Å². The molecule has 7 heteroatoms. The first-order valence-electron chi connectivity index (χ1n) is 3.44. The number of aromatic hydroxyl groups is 1. The smallest absolute Gasteiger partial charge is 0.339 e. The van der Waals surface area contributed by atoms with E-state index in [1.54, 1.807) is 0 Å². The number of halogens is 2. The fourth-order valence-corrected chi connectivity index (χ4v) is 0.860. The van der Waals surface area contributed by atoms with E-state index in [-0.39, 0.29) is 0 Å². The molecule has 1 aromatic heterocycles. The summed E-state index contributed by atoms with van der Waals surface area (Å²) in [5, 5.41) is 17.6. The highest BCUT2D eigenvalue weighted by molar-refractivity contribution is 5.94. The lowest BCUT2D eigenvalue weighted by molar-refractivity contribution is 0.0696. The van der Waals surface area contributed by atoms with Gasteiger partial charge in [-0.25, -0.2) is 13.6 Å². The molecule has 0 aromatic carbocycles. The fraction of sp³-hybridized carbons (Fsp3) is 0.143. The van der Waals surface area contributed by atoms with E-state index < -0.39 is 35.1 Å². The van der Waals surface area contributed by atoms with Gasteiger partial charge in [-0.3, -0.25) is 4.98 Å². The summed E-state index contributed by atoms with van der Waals surface area (Å²) < 4.78 is 24.2. The third kappa shape index (κ3) is 1.56. The van der Waals surface area contributed by atoms with Gasteiger partial charge in [0.05, 0.1) is 5.69 Å². The van der Waals surface area contributed by atoms with Crippen molar-refractivity contribution in [2.24, 2.45) is 0 Å². The average Bonchev–Trinajstić information content (AvgIpc) is 2.08. The van der Waals surface area contributed by atoms with E-state index in [0.717, 1.165) is 0 Å². The molecule has 0 spiro atoms. The van der Waals surface area contributed by atoms with Crippen molar-refractivity contribution >= 4 is 11.7 Å². The van der Waals surface area contributed by atoms with Crippen molar-refractivity contribution in [1.29, 1.82) is 0 Å². The Hall–Kier alpha value is -1.92. The molecule has 0 bridgehead atoms. The minimum Gasteiger partial charge on any atom is -0.504 e. The number of nitrogens with two attached hydrogens (primary N) is 1. The Balaban J connectivity index is 3.33. The number of aromatic nitrogens is 1. The largest absolute Gasteiger partial charge is 0.504 e. The number of pyridine rings is 1. The summed E-state index contributed by atoms with van der Waals surface area (Å²) in [6, 6.07) is 0. The number of anilines is 1. The first kappa shape index (κ1) is 10.2. The Kier molecular flexibility index (Phi) is 2.50. The van der Waals surface area contributed by atoms with Gasteiger partial charge in [-0.1, -0.05) is 0 Å². The summed E-state index contributed by atoms with van der Waals surface area (Å²) in [5.41, 5.74) is 3.08. The summed E-state index contributed by atoms with van der Waals surface area (Å²) in [6.07, 6.45) is -2.32. The van der Waals surface area contributed by atoms with Gasteiger partial charge in [0, 0.05) is 6.20 Å². The second kappa shape index (κ2) is 3.44. The zero-order chi connectivity index (χ0) is 10.9. The van der Waals surface area contributed by atoms with Crippen LogP contribution in [0, 0.1) is 0 Å². The van der Waals surface area contributed by atoms with Crippen molar-refractivity contribution in [2.75, 3.05) is 5.73 Å². The molecule has 1 rings (SSSR count). The third-order valence-corrected chi connectivity index (χ3v) is 1.56. The van der Waals surface area contributed by atoms with Gasteiger partial charge in [0.1, 0.15) is 5.56 Å². The molecular weight excluding hydrogens is 198 g/mol. The molecule has 0 aliphatic rings. The molecule has 0 saturated heterocycles. The number of carboxylic acids is 1. The first-order chi connectivity index (χ1) is 6.45. The van der Waals surface area contributed by atoms with Crippen LogP contribution in [0.1, 0.15) is 22.5 Å². The molecule has 0 aliphatic carbocycles. The van der Waals surface area contributed by atoms with Crippen molar-refractivity contribution in [2.45, 2.75) is 6.43 Å². The summed E-state index contributed by atoms with van der Waals surface area (Å²) >= 11 is 0. The second-order valence-corrected chi connectivity index (χ2v) is 2.43. The quantitative estimate of drug-likeness (QED) is 0.667. The maximum absolute atomic E-state index is 12.1. The molecule has 5 nitrogen and oxygen atoms in total. The molecule has 1 heterocycles. The molecule has 4 N–H and O–H groups in total. The van der Waals surface area contributed by atoms with Crippen LogP contribution in [0.2, 0.25) is 0 Å². The van der Waals surface area contributed by atoms with E-state index in [0.29, 0.717) is 6.20 Å². The zero-order valence-corrected chi connectivity index (χ0v) is 6.74. The van der Waals surface area contributed by atoms with Crippen molar-refractivity contribution in [3.8, 4) is 5.75 Å². The fourth-order valence-electron chi connectivity index (χ4n) is 0.860. The molecule has 0 fully saturated rings. The lowest BCUT2D eigenvalue weighted by Gasteiger charge is -2.06. The Bertz CT molecular complexity index is 381. The van der Waals surface area contributed by atoms with Gasteiger partial charge in [-0.2, -0.15) is 0 Å². The van der Waals surface area contributed by atoms with Crippen LogP contribution in [0.15, 0.2) is 6.20 Å². The van der Waals surface area contributed by atoms with Gasteiger partial charge in [-0.15, -0.1) is 0 Å². The first-order valence-corrected chi connectivity index (χ1v) is 3.44. The number of carbonyl (C=O) groups is 1. The van der Waals surface area contributed by atoms with E-state index in [9.17, 15) is 13.6 Å². The number of hydrogen-bond donors (Lipinski definition) is 3. The maximum Gasteiger partial charge on any atom is 0.339 e. The summed E-state index contributed by atoms with van der Waals surface area (Å²) in [4.78, 5) is 13.5. The molecule has 1 aromatic rings. The molecule has 0 amide bonds. The number of rotatable bonds is 2. The van der Waals surface area contributed by atoms with E-state index in [2.05, 4.69) is 4.98 Å². The van der Waals surface area contributed by atoms with Gasteiger partial charge in [0.2, 0.25) is 0 Å². The molecule has 14 heavy (non-hydrogen) atoms. The SMILES string of the molecule is Nc1c(C(=O)O)cnc(C(F)F)c1O. The molecule has 0 atom stereocenters. The van der Waals surface area contributed by atoms with E-state index in [1.807, 2.05) is 0 Å². The highest BCUT2D eigenvalue weighted by atomic mass is 19.3. The van der Waals surface area contributed by atoms with Crippen LogP contribution >= 0.6 is 0 Å². The van der Waals surface area contributed by atoms with Gasteiger partial charge >= 0.3 is 5.97 Å². The monoisotopic (exact) mass is 204 g/mol. The third-order valence-electron chi connectivity index (χ3n) is 1.56. The van der Waals surface area contributed by atoms with Crippen molar-refractivity contribution in [1.82, 2.24) is 4.98 Å². The Morgan fingerprint density at radius 3 is 2.57 bits per heavy atom. The van der Waals surface area contributed by atoms with Gasteiger partial charge in [0.25, 0.3) is 6.43 Å². The van der Waals surface area contributed by atoms with Gasteiger partial charge < -0.3 is 15.9 Å². The average molecular weight is 204 g/mol. The normalized spacial score (nSPS) is 10.5. The lowest BCUT2D eigenvalue weighted by Crippen LogP contribution is -2.06. The molecule has 0 saturated carbocycles. The van der Waals surface area contributed by atoms with E-state index >= 15 is 0 Å². The predicted molar refractivity (Wildman–Crippen MR) is 42.2 cm³/mol. The minimum absolute atomic E-state index is 0.508. The molecule has 0 radical (unpaired) electrons. The Morgan fingerprint density at radius 2 is 2.14 bits per heavy atom. The van der Waals surface area contributed by atoms with Crippen LogP contribution in [-0.2, 0) is 0 Å². The Labute approximate surface area is 76.8 Å². The zero-order valence-electron chi connectivity index (χ0n) is 6.74. The van der Waals surface area contributed by atoms with E-state index in [1.165, 1.54) is 0 Å². The second-order valence-electron chi connectivity index (χ2n) is 2.43. The lowest BCUT2D eigenvalue weighted by atomic mass is 10.2. The van der Waals surface area contributed by atoms with Crippen molar-refractivity contribution in [3.05, 3.63) is 17.5 Å². The summed E-state index contributed by atoms with van der Waals surface area (Å²) in [5.74, 6) is -2.42. The summed E-state index contributed by atoms with van der Waals surface area (Å²) in [6.45, 7) is 0.